The van der Waals surface area contributed by atoms with Crippen LogP contribution in [0.3, 0.4) is 0 Å². The van der Waals surface area contributed by atoms with Crippen molar-refractivity contribution < 1.29 is 23.8 Å². The molecule has 1 atom stereocenters. The van der Waals surface area contributed by atoms with Crippen LogP contribution in [-0.4, -0.2) is 42.3 Å². The van der Waals surface area contributed by atoms with Crippen molar-refractivity contribution >= 4 is 5.97 Å². The van der Waals surface area contributed by atoms with E-state index < -0.39 is 5.97 Å². The Bertz CT molecular complexity index is 703. The summed E-state index contributed by atoms with van der Waals surface area (Å²) in [6, 6.07) is 11.0. The number of carboxylic acids is 1. The van der Waals surface area contributed by atoms with Crippen LogP contribution >= 0.6 is 0 Å². The van der Waals surface area contributed by atoms with Crippen molar-refractivity contribution in [2.24, 2.45) is 0 Å². The first-order valence-electron chi connectivity index (χ1n) is 8.94. The van der Waals surface area contributed by atoms with Gasteiger partial charge in [-0.2, -0.15) is 0 Å². The SMILES string of the molecule is CN(Cc1ccc(OCc2ccc(C(=O)O)o2)cc1)C[C@H]1CCCCO1. The van der Waals surface area contributed by atoms with E-state index >= 15 is 0 Å². The molecule has 0 spiro atoms. The van der Waals surface area contributed by atoms with Gasteiger partial charge in [-0.25, -0.2) is 4.79 Å². The second-order valence-corrected chi connectivity index (χ2v) is 6.69. The Morgan fingerprint density at radius 3 is 2.69 bits per heavy atom. The quantitative estimate of drug-likeness (QED) is 0.777. The fraction of sp³-hybridized carbons (Fsp3) is 0.450. The lowest BCUT2D eigenvalue weighted by Crippen LogP contribution is -2.33. The van der Waals surface area contributed by atoms with Gasteiger partial charge in [0.1, 0.15) is 18.1 Å². The fourth-order valence-corrected chi connectivity index (χ4v) is 3.09. The Hall–Kier alpha value is -2.31. The summed E-state index contributed by atoms with van der Waals surface area (Å²) in [7, 11) is 2.11. The van der Waals surface area contributed by atoms with Gasteiger partial charge in [-0.3, -0.25) is 4.90 Å². The molecule has 1 N–H and O–H groups in total. The molecular formula is C20H25NO5. The highest BCUT2D eigenvalue weighted by Crippen LogP contribution is 2.18. The van der Waals surface area contributed by atoms with Crippen molar-refractivity contribution in [3.05, 3.63) is 53.5 Å². The number of carbonyl (C=O) groups is 1. The average molecular weight is 359 g/mol. The molecule has 26 heavy (non-hydrogen) atoms. The summed E-state index contributed by atoms with van der Waals surface area (Å²) in [6.45, 7) is 2.89. The van der Waals surface area contributed by atoms with Gasteiger partial charge >= 0.3 is 5.97 Å². The molecular weight excluding hydrogens is 334 g/mol. The number of benzene rings is 1. The summed E-state index contributed by atoms with van der Waals surface area (Å²) in [5, 5.41) is 8.84. The number of ether oxygens (including phenoxy) is 2. The topological polar surface area (TPSA) is 72.1 Å². The van der Waals surface area contributed by atoms with E-state index in [9.17, 15) is 4.79 Å². The predicted octanol–water partition coefficient (Wildman–Crippen LogP) is 3.56. The van der Waals surface area contributed by atoms with Crippen LogP contribution in [0, 0.1) is 0 Å². The van der Waals surface area contributed by atoms with Gasteiger partial charge in [0.15, 0.2) is 0 Å². The lowest BCUT2D eigenvalue weighted by Gasteiger charge is -2.27. The van der Waals surface area contributed by atoms with Crippen LogP contribution in [0.4, 0.5) is 0 Å². The van der Waals surface area contributed by atoms with E-state index in [1.807, 2.05) is 24.3 Å². The Morgan fingerprint density at radius 1 is 1.23 bits per heavy atom. The van der Waals surface area contributed by atoms with Crippen molar-refractivity contribution in [3.63, 3.8) is 0 Å². The van der Waals surface area contributed by atoms with Crippen LogP contribution in [0.15, 0.2) is 40.8 Å². The summed E-state index contributed by atoms with van der Waals surface area (Å²) < 4.78 is 16.6. The number of likely N-dealkylation sites (N-methyl/N-ethyl adjacent to an activating group) is 1. The van der Waals surface area contributed by atoms with E-state index in [1.165, 1.54) is 24.5 Å². The van der Waals surface area contributed by atoms with E-state index in [0.717, 1.165) is 31.9 Å². The van der Waals surface area contributed by atoms with Gasteiger partial charge in [-0.1, -0.05) is 12.1 Å². The minimum atomic E-state index is -1.08. The zero-order chi connectivity index (χ0) is 18.4. The van der Waals surface area contributed by atoms with Crippen LogP contribution in [0.2, 0.25) is 0 Å². The second-order valence-electron chi connectivity index (χ2n) is 6.69. The largest absolute Gasteiger partial charge is 0.486 e. The van der Waals surface area contributed by atoms with Crippen molar-refractivity contribution in [2.45, 2.75) is 38.5 Å². The van der Waals surface area contributed by atoms with Crippen molar-refractivity contribution in [1.82, 2.24) is 4.90 Å². The first-order valence-corrected chi connectivity index (χ1v) is 8.94. The summed E-state index contributed by atoms with van der Waals surface area (Å²) in [5.41, 5.74) is 1.21. The second kappa shape index (κ2) is 8.87. The van der Waals surface area contributed by atoms with Crippen LogP contribution in [-0.2, 0) is 17.9 Å². The van der Waals surface area contributed by atoms with Gasteiger partial charge in [0.2, 0.25) is 5.76 Å². The maximum absolute atomic E-state index is 10.8. The molecule has 1 saturated heterocycles. The Balaban J connectivity index is 1.45. The van der Waals surface area contributed by atoms with Gasteiger partial charge in [-0.15, -0.1) is 0 Å². The predicted molar refractivity (Wildman–Crippen MR) is 96.4 cm³/mol. The Labute approximate surface area is 153 Å². The summed E-state index contributed by atoms with van der Waals surface area (Å²) in [4.78, 5) is 13.1. The van der Waals surface area contributed by atoms with Gasteiger partial charge in [0.25, 0.3) is 0 Å². The summed E-state index contributed by atoms with van der Waals surface area (Å²) >= 11 is 0. The molecule has 1 aliphatic heterocycles. The number of furan rings is 1. The molecule has 6 nitrogen and oxygen atoms in total. The Morgan fingerprint density at radius 2 is 2.04 bits per heavy atom. The highest BCUT2D eigenvalue weighted by molar-refractivity contribution is 5.84. The van der Waals surface area contributed by atoms with E-state index in [0.29, 0.717) is 11.9 Å². The number of nitrogens with zero attached hydrogens (tertiary/aromatic N) is 1. The molecule has 0 bridgehead atoms. The lowest BCUT2D eigenvalue weighted by molar-refractivity contribution is -0.00259. The van der Waals surface area contributed by atoms with E-state index in [4.69, 9.17) is 19.0 Å². The number of hydrogen-bond acceptors (Lipinski definition) is 5. The molecule has 1 aliphatic rings. The van der Waals surface area contributed by atoms with Gasteiger partial charge in [0, 0.05) is 19.7 Å². The standard InChI is InChI=1S/C20H25NO5/c1-21(13-17-4-2-3-11-24-17)12-15-5-7-16(8-6-15)25-14-18-9-10-19(26-18)20(22)23/h5-10,17H,2-4,11-14H2,1H3,(H,22,23)/t17-/m1/s1. The third-order valence-corrected chi connectivity index (χ3v) is 4.42. The van der Waals surface area contributed by atoms with E-state index in [1.54, 1.807) is 6.07 Å². The molecule has 0 saturated carbocycles. The maximum atomic E-state index is 10.8. The molecule has 2 heterocycles. The van der Waals surface area contributed by atoms with Gasteiger partial charge in [-0.05, 0) is 56.1 Å². The van der Waals surface area contributed by atoms with Crippen molar-refractivity contribution in [1.29, 1.82) is 0 Å². The number of rotatable bonds is 8. The molecule has 1 aromatic heterocycles. The maximum Gasteiger partial charge on any atom is 0.371 e. The van der Waals surface area contributed by atoms with Gasteiger partial charge in [0.05, 0.1) is 6.10 Å². The molecule has 0 amide bonds. The molecule has 140 valence electrons. The highest BCUT2D eigenvalue weighted by atomic mass is 16.5. The molecule has 1 aromatic carbocycles. The first kappa shape index (κ1) is 18.5. The molecule has 0 aliphatic carbocycles. The molecule has 0 unspecified atom stereocenters. The zero-order valence-corrected chi connectivity index (χ0v) is 15.0. The average Bonchev–Trinajstić information content (AvgIpc) is 3.11. The summed E-state index contributed by atoms with van der Waals surface area (Å²) in [5.74, 6) is 0.0475. The number of carboxylic acid groups (broad SMARTS) is 1. The van der Waals surface area contributed by atoms with Crippen LogP contribution in [0.1, 0.15) is 41.1 Å². The third kappa shape index (κ3) is 5.34. The Kier molecular flexibility index (Phi) is 6.30. The zero-order valence-electron chi connectivity index (χ0n) is 15.0. The monoisotopic (exact) mass is 359 g/mol. The lowest BCUT2D eigenvalue weighted by atomic mass is 10.1. The number of aromatic carboxylic acids is 1. The van der Waals surface area contributed by atoms with E-state index in [2.05, 4.69) is 11.9 Å². The minimum absolute atomic E-state index is 0.0797. The molecule has 2 aromatic rings. The van der Waals surface area contributed by atoms with Crippen molar-refractivity contribution in [3.8, 4) is 5.75 Å². The molecule has 3 rings (SSSR count). The van der Waals surface area contributed by atoms with Gasteiger partial charge < -0.3 is 19.0 Å². The number of hydrogen-bond donors (Lipinski definition) is 1. The minimum Gasteiger partial charge on any atom is -0.486 e. The van der Waals surface area contributed by atoms with Crippen LogP contribution < -0.4 is 4.74 Å². The van der Waals surface area contributed by atoms with E-state index in [-0.39, 0.29) is 12.4 Å². The molecule has 6 heteroatoms. The highest BCUT2D eigenvalue weighted by Gasteiger charge is 2.16. The first-order chi connectivity index (χ1) is 12.6. The van der Waals surface area contributed by atoms with Crippen LogP contribution in [0.5, 0.6) is 5.75 Å². The summed E-state index contributed by atoms with van der Waals surface area (Å²) in [6.07, 6.45) is 3.93. The van der Waals surface area contributed by atoms with Crippen molar-refractivity contribution in [2.75, 3.05) is 20.2 Å². The smallest absolute Gasteiger partial charge is 0.371 e. The van der Waals surface area contributed by atoms with Crippen LogP contribution in [0.25, 0.3) is 0 Å². The fourth-order valence-electron chi connectivity index (χ4n) is 3.09. The molecule has 0 radical (unpaired) electrons. The normalized spacial score (nSPS) is 17.4. The molecule has 1 fully saturated rings. The third-order valence-electron chi connectivity index (χ3n) is 4.42.